The van der Waals surface area contributed by atoms with Crippen molar-refractivity contribution in [3.05, 3.63) is 48.6 Å². The number of benzene rings is 1. The SMILES string of the molecule is Cn1nc(-c2ccccc2)cc1NC(=O)CCCC=C(F)F. The van der Waals surface area contributed by atoms with E-state index in [1.807, 2.05) is 30.3 Å². The van der Waals surface area contributed by atoms with Gasteiger partial charge in [-0.15, -0.1) is 0 Å². The second kappa shape index (κ2) is 7.49. The van der Waals surface area contributed by atoms with Crippen molar-refractivity contribution in [2.24, 2.45) is 7.05 Å². The van der Waals surface area contributed by atoms with Crippen molar-refractivity contribution < 1.29 is 13.6 Å². The summed E-state index contributed by atoms with van der Waals surface area (Å²) in [6.07, 6.45) is -0.122. The first-order valence-electron chi connectivity index (χ1n) is 6.97. The maximum Gasteiger partial charge on any atom is 0.266 e. The van der Waals surface area contributed by atoms with Crippen molar-refractivity contribution in [3.8, 4) is 11.3 Å². The predicted molar refractivity (Wildman–Crippen MR) is 81.4 cm³/mol. The van der Waals surface area contributed by atoms with Gasteiger partial charge in [0.25, 0.3) is 6.08 Å². The molecule has 116 valence electrons. The molecule has 0 aliphatic rings. The van der Waals surface area contributed by atoms with Gasteiger partial charge >= 0.3 is 0 Å². The van der Waals surface area contributed by atoms with E-state index in [1.165, 1.54) is 0 Å². The number of unbranched alkanes of at least 4 members (excludes halogenated alkanes) is 1. The zero-order valence-corrected chi connectivity index (χ0v) is 12.2. The van der Waals surface area contributed by atoms with Crippen LogP contribution in [0.15, 0.2) is 48.6 Å². The predicted octanol–water partition coefficient (Wildman–Crippen LogP) is 3.98. The van der Waals surface area contributed by atoms with Crippen molar-refractivity contribution in [3.63, 3.8) is 0 Å². The van der Waals surface area contributed by atoms with Crippen LogP contribution in [0.3, 0.4) is 0 Å². The first kappa shape index (κ1) is 15.9. The Morgan fingerprint density at radius 3 is 2.73 bits per heavy atom. The molecule has 22 heavy (non-hydrogen) atoms. The molecule has 4 nitrogen and oxygen atoms in total. The number of hydrogen-bond acceptors (Lipinski definition) is 2. The van der Waals surface area contributed by atoms with Gasteiger partial charge in [-0.25, -0.2) is 0 Å². The molecule has 0 unspecified atom stereocenters. The summed E-state index contributed by atoms with van der Waals surface area (Å²) in [5.41, 5.74) is 1.72. The Bertz CT molecular complexity index is 661. The van der Waals surface area contributed by atoms with Gasteiger partial charge in [0.2, 0.25) is 5.91 Å². The molecule has 6 heteroatoms. The first-order valence-corrected chi connectivity index (χ1v) is 6.97. The fraction of sp³-hybridized carbons (Fsp3) is 0.250. The lowest BCUT2D eigenvalue weighted by Gasteiger charge is -2.03. The zero-order valence-electron chi connectivity index (χ0n) is 12.2. The number of halogens is 2. The minimum Gasteiger partial charge on any atom is -0.311 e. The number of rotatable bonds is 6. The van der Waals surface area contributed by atoms with Gasteiger partial charge in [-0.1, -0.05) is 30.3 Å². The van der Waals surface area contributed by atoms with Crippen molar-refractivity contribution in [1.82, 2.24) is 9.78 Å². The number of nitrogens with one attached hydrogen (secondary N) is 1. The molecule has 2 aromatic rings. The Morgan fingerprint density at radius 2 is 2.05 bits per heavy atom. The molecule has 1 heterocycles. The second-order valence-electron chi connectivity index (χ2n) is 4.84. The quantitative estimate of drug-likeness (QED) is 0.821. The van der Waals surface area contributed by atoms with E-state index in [0.29, 0.717) is 12.2 Å². The number of aryl methyl sites for hydroxylation is 1. The molecule has 0 atom stereocenters. The topological polar surface area (TPSA) is 46.9 Å². The van der Waals surface area contributed by atoms with Gasteiger partial charge in [-0.3, -0.25) is 9.48 Å². The summed E-state index contributed by atoms with van der Waals surface area (Å²) in [5, 5.41) is 7.09. The number of carbonyl (C=O) groups excluding carboxylic acids is 1. The summed E-state index contributed by atoms with van der Waals surface area (Å²) in [5.74, 6) is 0.367. The van der Waals surface area contributed by atoms with E-state index < -0.39 is 6.08 Å². The lowest BCUT2D eigenvalue weighted by molar-refractivity contribution is -0.116. The maximum atomic E-state index is 11.9. The average molecular weight is 305 g/mol. The van der Waals surface area contributed by atoms with Crippen LogP contribution in [0.25, 0.3) is 11.3 Å². The lowest BCUT2D eigenvalue weighted by Crippen LogP contribution is -2.13. The molecule has 0 saturated heterocycles. The number of nitrogens with zero attached hydrogens (tertiary/aromatic N) is 2. The second-order valence-corrected chi connectivity index (χ2v) is 4.84. The normalized spacial score (nSPS) is 10.3. The summed E-state index contributed by atoms with van der Waals surface area (Å²) < 4.78 is 25.3. The smallest absolute Gasteiger partial charge is 0.266 e. The Morgan fingerprint density at radius 1 is 1.32 bits per heavy atom. The average Bonchev–Trinajstić information content (AvgIpc) is 2.85. The van der Waals surface area contributed by atoms with Crippen LogP contribution in [0, 0.1) is 0 Å². The Kier molecular flexibility index (Phi) is 5.41. The number of anilines is 1. The minimum absolute atomic E-state index is 0.190. The van der Waals surface area contributed by atoms with E-state index in [2.05, 4.69) is 10.4 Å². The summed E-state index contributed by atoms with van der Waals surface area (Å²) in [7, 11) is 1.74. The molecule has 0 fully saturated rings. The molecular formula is C16H17F2N3O. The van der Waals surface area contributed by atoms with E-state index in [1.54, 1.807) is 17.8 Å². The number of aromatic nitrogens is 2. The molecule has 0 saturated carbocycles. The van der Waals surface area contributed by atoms with Crippen molar-refractivity contribution >= 4 is 11.7 Å². The lowest BCUT2D eigenvalue weighted by atomic mass is 10.1. The van der Waals surface area contributed by atoms with E-state index in [9.17, 15) is 13.6 Å². The van der Waals surface area contributed by atoms with Gasteiger partial charge in [0.05, 0.1) is 5.69 Å². The van der Waals surface area contributed by atoms with Gasteiger partial charge in [0, 0.05) is 25.1 Å². The van der Waals surface area contributed by atoms with Crippen LogP contribution in [-0.4, -0.2) is 15.7 Å². The molecule has 0 spiro atoms. The molecule has 0 bridgehead atoms. The van der Waals surface area contributed by atoms with Crippen molar-refractivity contribution in [2.45, 2.75) is 19.3 Å². The zero-order chi connectivity index (χ0) is 15.9. The van der Waals surface area contributed by atoms with E-state index in [-0.39, 0.29) is 18.7 Å². The molecular weight excluding hydrogens is 288 g/mol. The molecule has 1 amide bonds. The van der Waals surface area contributed by atoms with Gasteiger partial charge in [0.1, 0.15) is 5.82 Å². The fourth-order valence-electron chi connectivity index (χ4n) is 2.01. The minimum atomic E-state index is -1.71. The maximum absolute atomic E-state index is 11.9. The van der Waals surface area contributed by atoms with Crippen LogP contribution in [0.4, 0.5) is 14.6 Å². The first-order chi connectivity index (χ1) is 10.6. The number of hydrogen-bond donors (Lipinski definition) is 1. The fourth-order valence-corrected chi connectivity index (χ4v) is 2.01. The molecule has 0 radical (unpaired) electrons. The molecule has 0 aliphatic carbocycles. The third-order valence-electron chi connectivity index (χ3n) is 3.12. The summed E-state index contributed by atoms with van der Waals surface area (Å²) >= 11 is 0. The Balaban J connectivity index is 1.94. The third kappa shape index (κ3) is 4.51. The highest BCUT2D eigenvalue weighted by molar-refractivity contribution is 5.90. The van der Waals surface area contributed by atoms with Gasteiger partial charge in [-0.2, -0.15) is 13.9 Å². The summed E-state index contributed by atoms with van der Waals surface area (Å²) in [6.45, 7) is 0. The number of amides is 1. The monoisotopic (exact) mass is 305 g/mol. The van der Waals surface area contributed by atoms with Crippen LogP contribution < -0.4 is 5.32 Å². The van der Waals surface area contributed by atoms with E-state index in [4.69, 9.17) is 0 Å². The van der Waals surface area contributed by atoms with E-state index >= 15 is 0 Å². The van der Waals surface area contributed by atoms with E-state index in [0.717, 1.165) is 17.3 Å². The highest BCUT2D eigenvalue weighted by Crippen LogP contribution is 2.21. The standard InChI is InChI=1S/C16H17F2N3O/c1-21-15(19-16(22)10-6-5-9-14(17)18)11-13(20-21)12-7-3-2-4-8-12/h2-4,7-9,11H,5-6,10H2,1H3,(H,19,22). The summed E-state index contributed by atoms with van der Waals surface area (Å²) in [4.78, 5) is 11.8. The van der Waals surface area contributed by atoms with Gasteiger partial charge < -0.3 is 5.32 Å². The highest BCUT2D eigenvalue weighted by Gasteiger charge is 2.09. The Hall–Kier alpha value is -2.50. The molecule has 1 N–H and O–H groups in total. The Labute approximate surface area is 127 Å². The van der Waals surface area contributed by atoms with Crippen LogP contribution in [0.2, 0.25) is 0 Å². The van der Waals surface area contributed by atoms with Crippen LogP contribution in [-0.2, 0) is 11.8 Å². The van der Waals surface area contributed by atoms with Crippen LogP contribution in [0.5, 0.6) is 0 Å². The van der Waals surface area contributed by atoms with Crippen molar-refractivity contribution in [1.29, 1.82) is 0 Å². The highest BCUT2D eigenvalue weighted by atomic mass is 19.3. The number of allylic oxidation sites excluding steroid dienone is 1. The van der Waals surface area contributed by atoms with Crippen molar-refractivity contribution in [2.75, 3.05) is 5.32 Å². The molecule has 2 rings (SSSR count). The molecule has 1 aromatic carbocycles. The number of carbonyl (C=O) groups is 1. The summed E-state index contributed by atoms with van der Waals surface area (Å²) in [6, 6.07) is 11.4. The van der Waals surface area contributed by atoms with Gasteiger partial charge in [0.15, 0.2) is 0 Å². The molecule has 0 aliphatic heterocycles. The van der Waals surface area contributed by atoms with Gasteiger partial charge in [-0.05, 0) is 18.9 Å². The van der Waals surface area contributed by atoms with Crippen LogP contribution in [0.1, 0.15) is 19.3 Å². The molecule has 1 aromatic heterocycles. The van der Waals surface area contributed by atoms with Crippen LogP contribution >= 0.6 is 0 Å². The third-order valence-corrected chi connectivity index (χ3v) is 3.12. The largest absolute Gasteiger partial charge is 0.311 e.